The molecule has 1 amide bonds. The Morgan fingerprint density at radius 3 is 1.97 bits per heavy atom. The maximum atomic E-state index is 13.0. The van der Waals surface area contributed by atoms with Gasteiger partial charge in [-0.05, 0) is 42.5 Å². The lowest BCUT2D eigenvalue weighted by Crippen LogP contribution is -2.50. The molecule has 2 aromatic carbocycles. The Bertz CT molecular complexity index is 967. The summed E-state index contributed by atoms with van der Waals surface area (Å²) >= 11 is 0. The minimum atomic E-state index is -3.63. The molecule has 1 aliphatic heterocycles. The van der Waals surface area contributed by atoms with Crippen LogP contribution in [0.3, 0.4) is 0 Å². The van der Waals surface area contributed by atoms with Gasteiger partial charge in [0.2, 0.25) is 10.0 Å². The zero-order valence-electron chi connectivity index (χ0n) is 16.6. The highest BCUT2D eigenvalue weighted by Gasteiger charge is 2.31. The van der Waals surface area contributed by atoms with Gasteiger partial charge in [0.05, 0.1) is 31.8 Å². The molecule has 156 valence electrons. The molecular weight excluding hydrogens is 396 g/mol. The van der Waals surface area contributed by atoms with E-state index in [0.717, 1.165) is 0 Å². The van der Waals surface area contributed by atoms with E-state index < -0.39 is 10.0 Å². The van der Waals surface area contributed by atoms with Crippen molar-refractivity contribution >= 4 is 15.9 Å². The minimum Gasteiger partial charge on any atom is -0.497 e. The van der Waals surface area contributed by atoms with Crippen molar-refractivity contribution in [3.63, 3.8) is 0 Å². The quantitative estimate of drug-likeness (QED) is 0.709. The normalized spacial score (nSPS) is 15.1. The van der Waals surface area contributed by atoms with Gasteiger partial charge in [-0.3, -0.25) is 4.79 Å². The zero-order chi connectivity index (χ0) is 21.0. The van der Waals surface area contributed by atoms with Crippen LogP contribution in [0.4, 0.5) is 0 Å². The van der Waals surface area contributed by atoms with Crippen LogP contribution in [-0.4, -0.2) is 71.0 Å². The first-order valence-electron chi connectivity index (χ1n) is 9.06. The lowest BCUT2D eigenvalue weighted by molar-refractivity contribution is 0.0694. The topological polar surface area (TPSA) is 85.4 Å². The maximum Gasteiger partial charge on any atom is 0.257 e. The summed E-state index contributed by atoms with van der Waals surface area (Å²) < 4.78 is 42.7. The number of sulfonamides is 1. The second-order valence-electron chi connectivity index (χ2n) is 6.44. The van der Waals surface area contributed by atoms with Crippen LogP contribution < -0.4 is 14.2 Å². The highest BCUT2D eigenvalue weighted by molar-refractivity contribution is 7.89. The van der Waals surface area contributed by atoms with E-state index in [1.807, 2.05) is 0 Å². The molecule has 2 aromatic rings. The maximum absolute atomic E-state index is 13.0. The summed E-state index contributed by atoms with van der Waals surface area (Å²) in [5.41, 5.74) is 0.387. The Balaban J connectivity index is 1.72. The third kappa shape index (κ3) is 4.30. The first-order valence-corrected chi connectivity index (χ1v) is 10.5. The molecule has 9 heteroatoms. The zero-order valence-corrected chi connectivity index (χ0v) is 17.4. The Labute approximate surface area is 170 Å². The highest BCUT2D eigenvalue weighted by atomic mass is 32.2. The average Bonchev–Trinajstić information content (AvgIpc) is 2.78. The SMILES string of the molecule is COc1ccc(S(=O)(=O)N2CCN(C(=O)c3cc(OC)ccc3OC)CC2)cc1. The molecule has 0 aliphatic carbocycles. The summed E-state index contributed by atoms with van der Waals surface area (Å²) in [5.74, 6) is 1.37. The highest BCUT2D eigenvalue weighted by Crippen LogP contribution is 2.26. The van der Waals surface area contributed by atoms with E-state index in [2.05, 4.69) is 0 Å². The summed E-state index contributed by atoms with van der Waals surface area (Å²) in [4.78, 5) is 14.8. The first-order chi connectivity index (χ1) is 13.9. The molecule has 0 bridgehead atoms. The van der Waals surface area contributed by atoms with Gasteiger partial charge >= 0.3 is 0 Å². The van der Waals surface area contributed by atoms with Crippen LogP contribution >= 0.6 is 0 Å². The van der Waals surface area contributed by atoms with Gasteiger partial charge in [0, 0.05) is 26.2 Å². The summed E-state index contributed by atoms with van der Waals surface area (Å²) in [6.45, 7) is 1.00. The van der Waals surface area contributed by atoms with Gasteiger partial charge in [0.25, 0.3) is 5.91 Å². The molecule has 0 spiro atoms. The first kappa shape index (κ1) is 20.9. The van der Waals surface area contributed by atoms with Crippen LogP contribution in [0.1, 0.15) is 10.4 Å². The minimum absolute atomic E-state index is 0.201. The number of hydrogen-bond acceptors (Lipinski definition) is 6. The number of amides is 1. The average molecular weight is 420 g/mol. The van der Waals surface area contributed by atoms with Gasteiger partial charge in [0.15, 0.2) is 0 Å². The standard InChI is InChI=1S/C20H24N2O6S/c1-26-15-4-7-17(8-5-15)29(24,25)22-12-10-21(11-13-22)20(23)18-14-16(27-2)6-9-19(18)28-3/h4-9,14H,10-13H2,1-3H3. The number of carbonyl (C=O) groups is 1. The third-order valence-electron chi connectivity index (χ3n) is 4.86. The predicted octanol–water partition coefficient (Wildman–Crippen LogP) is 1.86. The Morgan fingerprint density at radius 2 is 1.41 bits per heavy atom. The number of carbonyl (C=O) groups excluding carboxylic acids is 1. The smallest absolute Gasteiger partial charge is 0.257 e. The number of benzene rings is 2. The van der Waals surface area contributed by atoms with Gasteiger partial charge in [-0.15, -0.1) is 0 Å². The number of rotatable bonds is 6. The molecule has 1 heterocycles. The molecule has 0 aromatic heterocycles. The second-order valence-corrected chi connectivity index (χ2v) is 8.38. The molecule has 0 atom stereocenters. The predicted molar refractivity (Wildman–Crippen MR) is 107 cm³/mol. The summed E-state index contributed by atoms with van der Waals surface area (Å²) in [6, 6.07) is 11.3. The van der Waals surface area contributed by atoms with Crippen molar-refractivity contribution in [3.8, 4) is 17.2 Å². The van der Waals surface area contributed by atoms with Crippen LogP contribution in [-0.2, 0) is 10.0 Å². The monoisotopic (exact) mass is 420 g/mol. The van der Waals surface area contributed by atoms with Gasteiger partial charge in [-0.25, -0.2) is 8.42 Å². The second kappa shape index (κ2) is 8.71. The largest absolute Gasteiger partial charge is 0.497 e. The molecule has 8 nitrogen and oxygen atoms in total. The van der Waals surface area contributed by atoms with Crippen LogP contribution in [0.5, 0.6) is 17.2 Å². The van der Waals surface area contributed by atoms with Crippen molar-refractivity contribution in [1.82, 2.24) is 9.21 Å². The van der Waals surface area contributed by atoms with E-state index in [4.69, 9.17) is 14.2 Å². The number of nitrogens with zero attached hydrogens (tertiary/aromatic N) is 2. The summed E-state index contributed by atoms with van der Waals surface area (Å²) in [7, 11) is 0.920. The molecule has 29 heavy (non-hydrogen) atoms. The van der Waals surface area contributed by atoms with E-state index in [1.54, 1.807) is 35.2 Å². The summed E-state index contributed by atoms with van der Waals surface area (Å²) in [5, 5.41) is 0. The fourth-order valence-electron chi connectivity index (χ4n) is 3.18. The number of ether oxygens (including phenoxy) is 3. The fraction of sp³-hybridized carbons (Fsp3) is 0.350. The van der Waals surface area contributed by atoms with Crippen LogP contribution in [0, 0.1) is 0 Å². The Kier molecular flexibility index (Phi) is 6.29. The lowest BCUT2D eigenvalue weighted by Gasteiger charge is -2.34. The van der Waals surface area contributed by atoms with Crippen molar-refractivity contribution in [3.05, 3.63) is 48.0 Å². The molecule has 0 saturated carbocycles. The Hall–Kier alpha value is -2.78. The third-order valence-corrected chi connectivity index (χ3v) is 6.77. The van der Waals surface area contributed by atoms with Crippen molar-refractivity contribution in [2.75, 3.05) is 47.5 Å². The van der Waals surface area contributed by atoms with E-state index in [1.165, 1.54) is 37.8 Å². The van der Waals surface area contributed by atoms with Crippen molar-refractivity contribution < 1.29 is 27.4 Å². The van der Waals surface area contributed by atoms with Crippen LogP contribution in [0.25, 0.3) is 0 Å². The van der Waals surface area contributed by atoms with Gasteiger partial charge in [-0.1, -0.05) is 0 Å². The lowest BCUT2D eigenvalue weighted by atomic mass is 10.1. The van der Waals surface area contributed by atoms with E-state index in [0.29, 0.717) is 22.8 Å². The molecule has 1 fully saturated rings. The molecule has 0 unspecified atom stereocenters. The van der Waals surface area contributed by atoms with Crippen LogP contribution in [0.2, 0.25) is 0 Å². The Morgan fingerprint density at radius 1 is 0.828 bits per heavy atom. The van der Waals surface area contributed by atoms with Gasteiger partial charge in [0.1, 0.15) is 17.2 Å². The number of methoxy groups -OCH3 is 3. The van der Waals surface area contributed by atoms with Crippen LogP contribution in [0.15, 0.2) is 47.4 Å². The van der Waals surface area contributed by atoms with Crippen molar-refractivity contribution in [2.24, 2.45) is 0 Å². The van der Waals surface area contributed by atoms with E-state index in [9.17, 15) is 13.2 Å². The van der Waals surface area contributed by atoms with E-state index >= 15 is 0 Å². The van der Waals surface area contributed by atoms with Gasteiger partial charge < -0.3 is 19.1 Å². The molecule has 1 aliphatic rings. The fourth-order valence-corrected chi connectivity index (χ4v) is 4.60. The number of hydrogen-bond donors (Lipinski definition) is 0. The molecule has 0 radical (unpaired) electrons. The van der Waals surface area contributed by atoms with Crippen molar-refractivity contribution in [2.45, 2.75) is 4.90 Å². The molecule has 0 N–H and O–H groups in total. The van der Waals surface area contributed by atoms with Gasteiger partial charge in [-0.2, -0.15) is 4.31 Å². The van der Waals surface area contributed by atoms with E-state index in [-0.39, 0.29) is 37.0 Å². The van der Waals surface area contributed by atoms with Crippen molar-refractivity contribution in [1.29, 1.82) is 0 Å². The molecular formula is C20H24N2O6S. The molecule has 1 saturated heterocycles. The number of piperazine rings is 1. The summed E-state index contributed by atoms with van der Waals surface area (Å²) in [6.07, 6.45) is 0. The molecule has 3 rings (SSSR count).